The zero-order valence-electron chi connectivity index (χ0n) is 11.4. The molecule has 2 aliphatic rings. The number of hydrogen-bond donors (Lipinski definition) is 3. The number of rotatable bonds is 2. The van der Waals surface area contributed by atoms with Crippen LogP contribution in [0.25, 0.3) is 0 Å². The van der Waals surface area contributed by atoms with Crippen LogP contribution in [0.5, 0.6) is 5.75 Å². The molecule has 1 aromatic rings. The van der Waals surface area contributed by atoms with Gasteiger partial charge < -0.3 is 15.5 Å². The fourth-order valence-corrected chi connectivity index (χ4v) is 3.48. The highest BCUT2D eigenvalue weighted by Gasteiger charge is 2.44. The van der Waals surface area contributed by atoms with Gasteiger partial charge in [-0.3, -0.25) is 0 Å². The SMILES string of the molecule is CC(C)(CO)C1Nc2c(O)cccc2C2C=CCC21. The van der Waals surface area contributed by atoms with E-state index in [1.54, 1.807) is 6.07 Å². The van der Waals surface area contributed by atoms with E-state index in [1.165, 1.54) is 5.56 Å². The van der Waals surface area contributed by atoms with E-state index in [4.69, 9.17) is 0 Å². The molecule has 102 valence electrons. The minimum atomic E-state index is -0.213. The lowest BCUT2D eigenvalue weighted by atomic mass is 9.69. The molecule has 0 saturated heterocycles. The minimum absolute atomic E-state index is 0.136. The monoisotopic (exact) mass is 259 g/mol. The third-order valence-corrected chi connectivity index (χ3v) is 4.62. The largest absolute Gasteiger partial charge is 0.506 e. The number of hydrogen-bond acceptors (Lipinski definition) is 3. The molecule has 0 bridgehead atoms. The van der Waals surface area contributed by atoms with Crippen molar-refractivity contribution < 1.29 is 10.2 Å². The molecule has 1 aliphatic carbocycles. The van der Waals surface area contributed by atoms with Crippen LogP contribution in [0.4, 0.5) is 5.69 Å². The van der Waals surface area contributed by atoms with Gasteiger partial charge in [-0.05, 0) is 24.0 Å². The molecular formula is C16H21NO2. The number of fused-ring (bicyclic) bond motifs is 3. The lowest BCUT2D eigenvalue weighted by molar-refractivity contribution is 0.110. The van der Waals surface area contributed by atoms with Crippen LogP contribution in [0.1, 0.15) is 31.7 Å². The average molecular weight is 259 g/mol. The minimum Gasteiger partial charge on any atom is -0.506 e. The number of para-hydroxylation sites is 1. The number of aliphatic hydroxyl groups is 1. The number of phenols is 1. The zero-order valence-corrected chi connectivity index (χ0v) is 11.4. The Balaban J connectivity index is 2.08. The van der Waals surface area contributed by atoms with Crippen molar-refractivity contribution in [1.82, 2.24) is 0 Å². The summed E-state index contributed by atoms with van der Waals surface area (Å²) in [7, 11) is 0. The van der Waals surface area contributed by atoms with Crippen molar-refractivity contribution in [1.29, 1.82) is 0 Å². The van der Waals surface area contributed by atoms with E-state index in [0.717, 1.165) is 12.1 Å². The van der Waals surface area contributed by atoms with Crippen LogP contribution in [-0.2, 0) is 0 Å². The third kappa shape index (κ3) is 1.84. The van der Waals surface area contributed by atoms with Crippen LogP contribution < -0.4 is 5.32 Å². The molecule has 1 aliphatic heterocycles. The summed E-state index contributed by atoms with van der Waals surface area (Å²) in [6.07, 6.45) is 5.49. The Kier molecular flexibility index (Phi) is 2.82. The predicted molar refractivity (Wildman–Crippen MR) is 76.4 cm³/mol. The van der Waals surface area contributed by atoms with Crippen LogP contribution in [0.2, 0.25) is 0 Å². The Hall–Kier alpha value is -1.48. The van der Waals surface area contributed by atoms with Gasteiger partial charge in [0.1, 0.15) is 5.75 Å². The van der Waals surface area contributed by atoms with Gasteiger partial charge in [-0.15, -0.1) is 0 Å². The summed E-state index contributed by atoms with van der Waals surface area (Å²) in [5.41, 5.74) is 1.79. The van der Waals surface area contributed by atoms with Crippen molar-refractivity contribution in [2.45, 2.75) is 32.2 Å². The standard InChI is InChI=1S/C16H21NO2/c1-16(2,9-18)15-12-7-3-5-10(12)11-6-4-8-13(19)14(11)17-15/h3-6,8,10,12,15,17-19H,7,9H2,1-2H3. The summed E-state index contributed by atoms with van der Waals surface area (Å²) in [6, 6.07) is 5.86. The van der Waals surface area contributed by atoms with E-state index in [9.17, 15) is 10.2 Å². The van der Waals surface area contributed by atoms with Gasteiger partial charge in [-0.1, -0.05) is 38.1 Å². The first kappa shape index (κ1) is 12.5. The van der Waals surface area contributed by atoms with E-state index >= 15 is 0 Å². The lowest BCUT2D eigenvalue weighted by Crippen LogP contribution is -2.47. The maximum Gasteiger partial charge on any atom is 0.138 e. The number of aromatic hydroxyl groups is 1. The van der Waals surface area contributed by atoms with Crippen molar-refractivity contribution >= 4 is 5.69 Å². The van der Waals surface area contributed by atoms with E-state index in [-0.39, 0.29) is 18.1 Å². The molecule has 3 rings (SSSR count). The van der Waals surface area contributed by atoms with E-state index in [0.29, 0.717) is 17.6 Å². The van der Waals surface area contributed by atoms with Crippen LogP contribution in [0, 0.1) is 11.3 Å². The molecule has 0 amide bonds. The van der Waals surface area contributed by atoms with E-state index in [2.05, 4.69) is 37.4 Å². The van der Waals surface area contributed by atoms with Gasteiger partial charge >= 0.3 is 0 Å². The Morgan fingerprint density at radius 3 is 2.89 bits per heavy atom. The molecule has 0 spiro atoms. The van der Waals surface area contributed by atoms with Crippen molar-refractivity contribution in [3.8, 4) is 5.75 Å². The first-order valence-electron chi connectivity index (χ1n) is 6.90. The average Bonchev–Trinajstić information content (AvgIpc) is 2.87. The molecule has 3 nitrogen and oxygen atoms in total. The first-order valence-corrected chi connectivity index (χ1v) is 6.90. The molecule has 3 N–H and O–H groups in total. The maximum atomic E-state index is 10.1. The summed E-state index contributed by atoms with van der Waals surface area (Å²) in [6.45, 7) is 4.28. The molecule has 0 fully saturated rings. The first-order chi connectivity index (χ1) is 9.04. The van der Waals surface area contributed by atoms with Gasteiger partial charge in [0.15, 0.2) is 0 Å². The van der Waals surface area contributed by atoms with E-state index < -0.39 is 0 Å². The predicted octanol–water partition coefficient (Wildman–Crippen LogP) is 2.86. The highest BCUT2D eigenvalue weighted by Crippen LogP contribution is 2.50. The van der Waals surface area contributed by atoms with Crippen LogP contribution in [0.15, 0.2) is 30.4 Å². The van der Waals surface area contributed by atoms with Crippen LogP contribution in [0.3, 0.4) is 0 Å². The molecule has 0 saturated carbocycles. The second kappa shape index (κ2) is 4.27. The molecule has 19 heavy (non-hydrogen) atoms. The normalized spacial score (nSPS) is 28.7. The summed E-state index contributed by atoms with van der Waals surface area (Å²) >= 11 is 0. The quantitative estimate of drug-likeness (QED) is 0.565. The van der Waals surface area contributed by atoms with Crippen LogP contribution in [-0.4, -0.2) is 22.9 Å². The number of anilines is 1. The third-order valence-electron chi connectivity index (χ3n) is 4.62. The van der Waals surface area contributed by atoms with Crippen molar-refractivity contribution in [3.63, 3.8) is 0 Å². The van der Waals surface area contributed by atoms with Gasteiger partial charge in [0.2, 0.25) is 0 Å². The number of benzene rings is 1. The molecule has 0 aromatic heterocycles. The molecular weight excluding hydrogens is 238 g/mol. The number of allylic oxidation sites excluding steroid dienone is 2. The Morgan fingerprint density at radius 2 is 2.16 bits per heavy atom. The van der Waals surface area contributed by atoms with Gasteiger partial charge in [0, 0.05) is 17.4 Å². The van der Waals surface area contributed by atoms with E-state index in [1.807, 2.05) is 6.07 Å². The van der Waals surface area contributed by atoms with Gasteiger partial charge in [-0.25, -0.2) is 0 Å². The fraction of sp³-hybridized carbons (Fsp3) is 0.500. The molecule has 3 heteroatoms. The van der Waals surface area contributed by atoms with Crippen LogP contribution >= 0.6 is 0 Å². The fourth-order valence-electron chi connectivity index (χ4n) is 3.48. The number of nitrogens with one attached hydrogen (secondary N) is 1. The number of aliphatic hydroxyl groups excluding tert-OH is 1. The molecule has 3 atom stereocenters. The summed E-state index contributed by atoms with van der Waals surface area (Å²) in [5, 5.41) is 23.2. The topological polar surface area (TPSA) is 52.5 Å². The van der Waals surface area contributed by atoms with Crippen molar-refractivity contribution in [2.75, 3.05) is 11.9 Å². The lowest BCUT2D eigenvalue weighted by Gasteiger charge is -2.45. The molecule has 3 unspecified atom stereocenters. The summed E-state index contributed by atoms with van der Waals surface area (Å²) in [4.78, 5) is 0. The zero-order chi connectivity index (χ0) is 13.6. The van der Waals surface area contributed by atoms with Crippen molar-refractivity contribution in [3.05, 3.63) is 35.9 Å². The van der Waals surface area contributed by atoms with Gasteiger partial charge in [0.25, 0.3) is 0 Å². The van der Waals surface area contributed by atoms with Gasteiger partial charge in [0.05, 0.1) is 12.3 Å². The second-order valence-electron chi connectivity index (χ2n) is 6.36. The van der Waals surface area contributed by atoms with Crippen molar-refractivity contribution in [2.24, 2.45) is 11.3 Å². The Labute approximate surface area is 114 Å². The molecule has 1 heterocycles. The maximum absolute atomic E-state index is 10.1. The highest BCUT2D eigenvalue weighted by atomic mass is 16.3. The Morgan fingerprint density at radius 1 is 1.37 bits per heavy atom. The molecule has 0 radical (unpaired) electrons. The smallest absolute Gasteiger partial charge is 0.138 e. The summed E-state index contributed by atoms with van der Waals surface area (Å²) in [5.74, 6) is 1.10. The number of phenolic OH excluding ortho intramolecular Hbond substituents is 1. The Bertz CT molecular complexity index is 521. The second-order valence-corrected chi connectivity index (χ2v) is 6.36. The summed E-state index contributed by atoms with van der Waals surface area (Å²) < 4.78 is 0. The highest BCUT2D eigenvalue weighted by molar-refractivity contribution is 5.66. The van der Waals surface area contributed by atoms with Gasteiger partial charge in [-0.2, -0.15) is 0 Å². The molecule has 1 aromatic carbocycles.